The van der Waals surface area contributed by atoms with E-state index in [4.69, 9.17) is 0 Å². The Morgan fingerprint density at radius 1 is 0.383 bits per heavy atom. The summed E-state index contributed by atoms with van der Waals surface area (Å²) in [5, 5.41) is 2.54. The maximum Gasteiger partial charge on any atom is 0.0541 e. The molecule has 2 nitrogen and oxygen atoms in total. The zero-order valence-electron chi connectivity index (χ0n) is 33.7. The Balaban J connectivity index is 0.909. The standard InChI is InChI=1S/C58H46N2/c1-2-11-40(12-3-1)41-21-26-46(27-22-41)59(48-13-10-14-49(37-48)60-56-19-8-5-16-51(56)52-17-6-9-20-57(52)60)47-28-23-42(24-29-47)43-25-30-55-53(36-43)50-15-4-7-18-54(50)58(55)44-32-38-31-39(34-44)35-45(58)33-38/h1-30,36-39,44-45H,31-35H2. The molecular formula is C58H46N2. The van der Waals surface area contributed by atoms with Crippen LogP contribution in [-0.2, 0) is 5.41 Å². The summed E-state index contributed by atoms with van der Waals surface area (Å²) in [6.45, 7) is 0. The lowest BCUT2D eigenvalue weighted by Crippen LogP contribution is -2.55. The van der Waals surface area contributed by atoms with Gasteiger partial charge in [0, 0.05) is 38.9 Å². The topological polar surface area (TPSA) is 8.17 Å². The summed E-state index contributed by atoms with van der Waals surface area (Å²) >= 11 is 0. The molecule has 4 fully saturated rings. The molecule has 0 radical (unpaired) electrons. The summed E-state index contributed by atoms with van der Waals surface area (Å²) in [5.41, 5.74) is 18.3. The summed E-state index contributed by atoms with van der Waals surface area (Å²) in [7, 11) is 0. The number of rotatable bonds is 6. The monoisotopic (exact) mass is 770 g/mol. The maximum absolute atomic E-state index is 2.54. The fourth-order valence-electron chi connectivity index (χ4n) is 13.0. The molecule has 0 atom stereocenters. The normalized spacial score (nSPS) is 22.1. The van der Waals surface area contributed by atoms with Gasteiger partial charge in [-0.25, -0.2) is 0 Å². The van der Waals surface area contributed by atoms with Crippen LogP contribution in [0.25, 0.3) is 60.9 Å². The molecule has 14 rings (SSSR count). The zero-order valence-corrected chi connectivity index (χ0v) is 33.7. The smallest absolute Gasteiger partial charge is 0.0541 e. The summed E-state index contributed by atoms with van der Waals surface area (Å²) in [6, 6.07) is 72.5. The Hall–Kier alpha value is -6.64. The average molecular weight is 771 g/mol. The molecule has 1 aromatic heterocycles. The number of nitrogens with zero attached hydrogens (tertiary/aromatic N) is 2. The fraction of sp³-hybridized carbons (Fsp3) is 0.172. The Bertz CT molecular complexity index is 3020. The zero-order chi connectivity index (χ0) is 39.4. The Morgan fingerprint density at radius 3 is 1.58 bits per heavy atom. The first-order chi connectivity index (χ1) is 29.7. The molecule has 9 aromatic rings. The molecule has 5 aliphatic carbocycles. The lowest BCUT2D eigenvalue weighted by Gasteiger charge is -2.61. The third kappa shape index (κ3) is 5.00. The van der Waals surface area contributed by atoms with Crippen molar-refractivity contribution in [3.05, 3.63) is 205 Å². The molecule has 0 unspecified atom stereocenters. The van der Waals surface area contributed by atoms with Crippen molar-refractivity contribution in [3.63, 3.8) is 0 Å². The van der Waals surface area contributed by atoms with E-state index in [-0.39, 0.29) is 5.41 Å². The molecule has 1 heterocycles. The van der Waals surface area contributed by atoms with Crippen LogP contribution in [0.3, 0.4) is 0 Å². The van der Waals surface area contributed by atoms with E-state index < -0.39 is 0 Å². The van der Waals surface area contributed by atoms with E-state index in [0.29, 0.717) is 0 Å². The molecule has 1 spiro atoms. The molecule has 0 aliphatic heterocycles. The first-order valence-electron chi connectivity index (χ1n) is 22.1. The molecule has 4 bridgehead atoms. The van der Waals surface area contributed by atoms with Gasteiger partial charge in [-0.2, -0.15) is 0 Å². The van der Waals surface area contributed by atoms with Crippen molar-refractivity contribution in [3.8, 4) is 39.1 Å². The van der Waals surface area contributed by atoms with E-state index in [0.717, 1.165) is 46.4 Å². The van der Waals surface area contributed by atoms with E-state index >= 15 is 0 Å². The second-order valence-corrected chi connectivity index (χ2v) is 18.2. The van der Waals surface area contributed by atoms with Gasteiger partial charge in [0.1, 0.15) is 0 Å². The molecule has 8 aromatic carbocycles. The summed E-state index contributed by atoms with van der Waals surface area (Å²) in [6.07, 6.45) is 7.14. The highest BCUT2D eigenvalue weighted by Gasteiger charge is 2.61. The lowest BCUT2D eigenvalue weighted by atomic mass is 9.43. The number of aromatic nitrogens is 1. The highest BCUT2D eigenvalue weighted by atomic mass is 15.1. The fourth-order valence-corrected chi connectivity index (χ4v) is 13.0. The highest BCUT2D eigenvalue weighted by Crippen LogP contribution is 2.69. The van der Waals surface area contributed by atoms with Crippen LogP contribution >= 0.6 is 0 Å². The number of para-hydroxylation sites is 2. The van der Waals surface area contributed by atoms with E-state index in [2.05, 4.69) is 204 Å². The Kier molecular flexibility index (Phi) is 7.52. The summed E-state index contributed by atoms with van der Waals surface area (Å²) < 4.78 is 2.41. The third-order valence-corrected chi connectivity index (χ3v) is 15.2. The lowest BCUT2D eigenvalue weighted by molar-refractivity contribution is -0.0399. The van der Waals surface area contributed by atoms with Crippen molar-refractivity contribution >= 4 is 38.9 Å². The number of fused-ring (bicyclic) bond motifs is 6. The molecule has 0 N–H and O–H groups in total. The maximum atomic E-state index is 2.54. The van der Waals surface area contributed by atoms with E-state index in [1.54, 1.807) is 11.1 Å². The second kappa shape index (κ2) is 13.2. The predicted molar refractivity (Wildman–Crippen MR) is 250 cm³/mol. The van der Waals surface area contributed by atoms with Gasteiger partial charge in [-0.05, 0) is 161 Å². The van der Waals surface area contributed by atoms with Gasteiger partial charge in [-0.15, -0.1) is 0 Å². The van der Waals surface area contributed by atoms with Gasteiger partial charge in [0.25, 0.3) is 0 Å². The van der Waals surface area contributed by atoms with Gasteiger partial charge in [0.15, 0.2) is 0 Å². The van der Waals surface area contributed by atoms with Gasteiger partial charge < -0.3 is 9.47 Å². The minimum absolute atomic E-state index is 0.200. The molecule has 2 heteroatoms. The third-order valence-electron chi connectivity index (χ3n) is 15.2. The van der Waals surface area contributed by atoms with Crippen molar-refractivity contribution < 1.29 is 0 Å². The molecule has 60 heavy (non-hydrogen) atoms. The van der Waals surface area contributed by atoms with Crippen LogP contribution in [0.4, 0.5) is 17.1 Å². The van der Waals surface area contributed by atoms with Crippen LogP contribution in [0.2, 0.25) is 0 Å². The van der Waals surface area contributed by atoms with Crippen molar-refractivity contribution in [2.45, 2.75) is 37.5 Å². The summed E-state index contributed by atoms with van der Waals surface area (Å²) in [5.74, 6) is 3.46. The molecule has 0 saturated heterocycles. The minimum Gasteiger partial charge on any atom is -0.310 e. The first-order valence-corrected chi connectivity index (χ1v) is 22.1. The van der Waals surface area contributed by atoms with Crippen molar-refractivity contribution in [1.82, 2.24) is 4.57 Å². The number of anilines is 3. The Morgan fingerprint density at radius 2 is 0.917 bits per heavy atom. The quantitative estimate of drug-likeness (QED) is 0.163. The van der Waals surface area contributed by atoms with E-state index in [1.165, 1.54) is 87.3 Å². The number of hydrogen-bond acceptors (Lipinski definition) is 1. The van der Waals surface area contributed by atoms with Crippen molar-refractivity contribution in [2.24, 2.45) is 23.7 Å². The van der Waals surface area contributed by atoms with Crippen LogP contribution in [0.15, 0.2) is 194 Å². The van der Waals surface area contributed by atoms with E-state index in [1.807, 2.05) is 0 Å². The average Bonchev–Trinajstić information content (AvgIpc) is 3.80. The van der Waals surface area contributed by atoms with Gasteiger partial charge in [0.2, 0.25) is 0 Å². The first kappa shape index (κ1) is 34.2. The summed E-state index contributed by atoms with van der Waals surface area (Å²) in [4.78, 5) is 2.41. The van der Waals surface area contributed by atoms with Crippen LogP contribution in [0.5, 0.6) is 0 Å². The minimum atomic E-state index is 0.200. The molecular weight excluding hydrogens is 725 g/mol. The second-order valence-electron chi connectivity index (χ2n) is 18.2. The van der Waals surface area contributed by atoms with Crippen molar-refractivity contribution in [1.29, 1.82) is 0 Å². The largest absolute Gasteiger partial charge is 0.310 e. The van der Waals surface area contributed by atoms with Crippen LogP contribution in [0.1, 0.15) is 43.2 Å². The predicted octanol–water partition coefficient (Wildman–Crippen LogP) is 15.3. The number of benzene rings is 8. The number of hydrogen-bond donors (Lipinski definition) is 0. The van der Waals surface area contributed by atoms with Crippen LogP contribution < -0.4 is 4.90 Å². The SMILES string of the molecule is c1ccc(-c2ccc(N(c3ccc(-c4ccc5c(c4)-c4ccccc4C54C5CC6CC(C5)CC4C6)cc3)c3cccc(-n4c5ccccc5c5ccccc54)c3)cc2)cc1. The highest BCUT2D eigenvalue weighted by molar-refractivity contribution is 6.09. The van der Waals surface area contributed by atoms with E-state index in [9.17, 15) is 0 Å². The van der Waals surface area contributed by atoms with Gasteiger partial charge in [-0.3, -0.25) is 0 Å². The van der Waals surface area contributed by atoms with Crippen LogP contribution in [-0.4, -0.2) is 4.57 Å². The molecule has 5 aliphatic rings. The van der Waals surface area contributed by atoms with Gasteiger partial charge in [0.05, 0.1) is 11.0 Å². The molecule has 4 saturated carbocycles. The van der Waals surface area contributed by atoms with Gasteiger partial charge in [-0.1, -0.05) is 133 Å². The Labute approximate surface area is 352 Å². The van der Waals surface area contributed by atoms with Crippen molar-refractivity contribution in [2.75, 3.05) is 4.90 Å². The van der Waals surface area contributed by atoms with Crippen LogP contribution in [0, 0.1) is 23.7 Å². The van der Waals surface area contributed by atoms with Gasteiger partial charge >= 0.3 is 0 Å². The molecule has 0 amide bonds. The molecule has 288 valence electrons.